The normalized spacial score (nSPS) is 9.72. The fourth-order valence-electron chi connectivity index (χ4n) is 1.41. The van der Waals surface area contributed by atoms with Crippen LogP contribution in [-0.4, -0.2) is 44.2 Å². The fraction of sp³-hybridized carbons (Fsp3) is 0.417. The molecule has 0 fully saturated rings. The number of esters is 2. The minimum Gasteiger partial charge on any atom is -0.468 e. The summed E-state index contributed by atoms with van der Waals surface area (Å²) in [5.41, 5.74) is 1.52. The Hall–Kier alpha value is -2.11. The highest BCUT2D eigenvalue weighted by atomic mass is 16.5. The van der Waals surface area contributed by atoms with Crippen molar-refractivity contribution in [2.75, 3.05) is 32.2 Å². The smallest absolute Gasteiger partial charge is 0.325 e. The molecule has 1 heterocycles. The summed E-state index contributed by atoms with van der Waals surface area (Å²) in [4.78, 5) is 28.3. The van der Waals surface area contributed by atoms with Gasteiger partial charge < -0.3 is 14.4 Å². The number of nitrogens with zero attached hydrogens (tertiary/aromatic N) is 2. The van der Waals surface area contributed by atoms with Crippen LogP contribution in [0.3, 0.4) is 0 Å². The second-order valence-corrected chi connectivity index (χ2v) is 3.66. The topological polar surface area (TPSA) is 68.7 Å². The van der Waals surface area contributed by atoms with Crippen LogP contribution in [0.1, 0.15) is 5.69 Å². The molecule has 18 heavy (non-hydrogen) atoms. The van der Waals surface area contributed by atoms with Crippen molar-refractivity contribution in [3.05, 3.63) is 24.0 Å². The van der Waals surface area contributed by atoms with E-state index in [2.05, 4.69) is 14.5 Å². The molecule has 1 rings (SSSR count). The number of aryl methyl sites for hydroxylation is 1. The van der Waals surface area contributed by atoms with Crippen LogP contribution in [0.2, 0.25) is 0 Å². The Bertz CT molecular complexity index is 416. The molecular formula is C12H16N2O4. The lowest BCUT2D eigenvalue weighted by Crippen LogP contribution is -2.35. The van der Waals surface area contributed by atoms with Crippen LogP contribution in [0, 0.1) is 6.92 Å². The largest absolute Gasteiger partial charge is 0.468 e. The molecule has 0 spiro atoms. The van der Waals surface area contributed by atoms with E-state index in [1.54, 1.807) is 23.2 Å². The third-order valence-corrected chi connectivity index (χ3v) is 2.34. The van der Waals surface area contributed by atoms with Gasteiger partial charge in [0.2, 0.25) is 0 Å². The first-order valence-electron chi connectivity index (χ1n) is 5.38. The number of rotatable bonds is 5. The molecule has 0 unspecified atom stereocenters. The Morgan fingerprint density at radius 3 is 2.22 bits per heavy atom. The van der Waals surface area contributed by atoms with Gasteiger partial charge in [0.1, 0.15) is 13.1 Å². The Labute approximate surface area is 106 Å². The summed E-state index contributed by atoms with van der Waals surface area (Å²) in [6.45, 7) is 1.79. The summed E-state index contributed by atoms with van der Waals surface area (Å²) in [6, 6.07) is 3.50. The number of methoxy groups -OCH3 is 2. The summed E-state index contributed by atoms with van der Waals surface area (Å²) in [5, 5.41) is 0. The average molecular weight is 252 g/mol. The summed E-state index contributed by atoms with van der Waals surface area (Å²) in [5.74, 6) is -0.846. The van der Waals surface area contributed by atoms with Crippen LogP contribution in [0.4, 0.5) is 5.69 Å². The van der Waals surface area contributed by atoms with Gasteiger partial charge in [0.15, 0.2) is 0 Å². The van der Waals surface area contributed by atoms with Crippen LogP contribution in [-0.2, 0) is 19.1 Å². The molecule has 6 heteroatoms. The Morgan fingerprint density at radius 1 is 1.22 bits per heavy atom. The van der Waals surface area contributed by atoms with Gasteiger partial charge in [-0.3, -0.25) is 14.6 Å². The lowest BCUT2D eigenvalue weighted by atomic mass is 10.3. The maximum absolute atomic E-state index is 11.3. The molecule has 0 saturated carbocycles. The predicted octanol–water partition coefficient (Wildman–Crippen LogP) is 0.542. The highest BCUT2D eigenvalue weighted by Gasteiger charge is 2.16. The van der Waals surface area contributed by atoms with E-state index in [1.165, 1.54) is 14.2 Å². The number of hydrogen-bond donors (Lipinski definition) is 0. The molecule has 0 aliphatic heterocycles. The molecule has 0 saturated heterocycles. The molecule has 0 aromatic carbocycles. The number of hydrogen-bond acceptors (Lipinski definition) is 6. The van der Waals surface area contributed by atoms with Gasteiger partial charge in [-0.2, -0.15) is 0 Å². The van der Waals surface area contributed by atoms with E-state index in [1.807, 2.05) is 6.92 Å². The van der Waals surface area contributed by atoms with Gasteiger partial charge in [0.05, 0.1) is 14.2 Å². The molecule has 1 aromatic heterocycles. The molecule has 0 atom stereocenters. The minimum absolute atomic E-state index is 0.0188. The number of ether oxygens (including phenoxy) is 2. The molecule has 0 N–H and O–H groups in total. The van der Waals surface area contributed by atoms with Gasteiger partial charge in [0.25, 0.3) is 0 Å². The molecule has 0 amide bonds. The lowest BCUT2D eigenvalue weighted by Gasteiger charge is -2.22. The van der Waals surface area contributed by atoms with Crippen LogP contribution in [0.15, 0.2) is 18.3 Å². The summed E-state index contributed by atoms with van der Waals surface area (Å²) in [7, 11) is 2.60. The van der Waals surface area contributed by atoms with E-state index in [0.29, 0.717) is 0 Å². The first kappa shape index (κ1) is 14.0. The molecule has 0 aliphatic rings. The summed E-state index contributed by atoms with van der Waals surface area (Å²) < 4.78 is 9.20. The third-order valence-electron chi connectivity index (χ3n) is 2.34. The van der Waals surface area contributed by atoms with Crippen molar-refractivity contribution in [3.63, 3.8) is 0 Å². The van der Waals surface area contributed by atoms with Crippen LogP contribution >= 0.6 is 0 Å². The molecular weight excluding hydrogens is 236 g/mol. The van der Waals surface area contributed by atoms with Gasteiger partial charge in [0, 0.05) is 17.6 Å². The van der Waals surface area contributed by atoms with Gasteiger partial charge >= 0.3 is 11.9 Å². The van der Waals surface area contributed by atoms with E-state index in [-0.39, 0.29) is 13.1 Å². The van der Waals surface area contributed by atoms with E-state index >= 15 is 0 Å². The monoisotopic (exact) mass is 252 g/mol. The highest BCUT2D eigenvalue weighted by Crippen LogP contribution is 2.14. The van der Waals surface area contributed by atoms with Crippen molar-refractivity contribution in [1.29, 1.82) is 0 Å². The molecule has 0 bridgehead atoms. The quantitative estimate of drug-likeness (QED) is 0.712. The second-order valence-electron chi connectivity index (χ2n) is 3.66. The molecule has 1 aromatic rings. The standard InChI is InChI=1S/C12H16N2O4/c1-9-6-10(4-5-13-9)14(7-11(15)17-2)8-12(16)18-3/h4-6H,7-8H2,1-3H3. The number of carbonyl (C=O) groups is 2. The van der Waals surface area contributed by atoms with E-state index in [9.17, 15) is 9.59 Å². The van der Waals surface area contributed by atoms with Crippen molar-refractivity contribution in [2.24, 2.45) is 0 Å². The van der Waals surface area contributed by atoms with Gasteiger partial charge in [-0.25, -0.2) is 0 Å². The van der Waals surface area contributed by atoms with Crippen LogP contribution in [0.25, 0.3) is 0 Å². The molecule has 6 nitrogen and oxygen atoms in total. The molecule has 0 aliphatic carbocycles. The first-order chi connectivity index (χ1) is 8.56. The predicted molar refractivity (Wildman–Crippen MR) is 65.2 cm³/mol. The molecule has 98 valence electrons. The molecule has 0 radical (unpaired) electrons. The fourth-order valence-corrected chi connectivity index (χ4v) is 1.41. The number of aromatic nitrogens is 1. The zero-order valence-corrected chi connectivity index (χ0v) is 10.7. The summed E-state index contributed by atoms with van der Waals surface area (Å²) in [6.07, 6.45) is 1.62. The van der Waals surface area contributed by atoms with Gasteiger partial charge in [-0.1, -0.05) is 0 Å². The van der Waals surface area contributed by atoms with E-state index in [4.69, 9.17) is 0 Å². The van der Waals surface area contributed by atoms with Crippen LogP contribution in [0.5, 0.6) is 0 Å². The van der Waals surface area contributed by atoms with Gasteiger partial charge in [-0.15, -0.1) is 0 Å². The highest BCUT2D eigenvalue weighted by molar-refractivity contribution is 5.81. The SMILES string of the molecule is COC(=O)CN(CC(=O)OC)c1ccnc(C)c1. The first-order valence-corrected chi connectivity index (χ1v) is 5.38. The van der Waals surface area contributed by atoms with Crippen molar-refractivity contribution in [3.8, 4) is 0 Å². The van der Waals surface area contributed by atoms with Crippen molar-refractivity contribution in [1.82, 2.24) is 4.98 Å². The third kappa shape index (κ3) is 4.04. The minimum atomic E-state index is -0.423. The average Bonchev–Trinajstić information content (AvgIpc) is 2.37. The summed E-state index contributed by atoms with van der Waals surface area (Å²) >= 11 is 0. The van der Waals surface area contributed by atoms with Crippen molar-refractivity contribution in [2.45, 2.75) is 6.92 Å². The zero-order valence-electron chi connectivity index (χ0n) is 10.7. The number of pyridine rings is 1. The van der Waals surface area contributed by atoms with E-state index < -0.39 is 11.9 Å². The maximum Gasteiger partial charge on any atom is 0.325 e. The number of carbonyl (C=O) groups excluding carboxylic acids is 2. The van der Waals surface area contributed by atoms with Gasteiger partial charge in [-0.05, 0) is 19.1 Å². The van der Waals surface area contributed by atoms with E-state index in [0.717, 1.165) is 11.4 Å². The number of anilines is 1. The van der Waals surface area contributed by atoms with Crippen molar-refractivity contribution < 1.29 is 19.1 Å². The van der Waals surface area contributed by atoms with Crippen molar-refractivity contribution >= 4 is 17.6 Å². The Morgan fingerprint density at radius 2 is 1.78 bits per heavy atom. The Kier molecular flexibility index (Phi) is 5.10. The Balaban J connectivity index is 2.88. The second kappa shape index (κ2) is 6.58. The van der Waals surface area contributed by atoms with Crippen LogP contribution < -0.4 is 4.90 Å². The maximum atomic E-state index is 11.3. The lowest BCUT2D eigenvalue weighted by molar-refractivity contribution is -0.140. The zero-order chi connectivity index (χ0) is 13.5.